The van der Waals surface area contributed by atoms with E-state index in [9.17, 15) is 4.79 Å². The second-order valence-corrected chi connectivity index (χ2v) is 10.6. The maximum atomic E-state index is 13.7. The van der Waals surface area contributed by atoms with E-state index in [1.807, 2.05) is 19.2 Å². The standard InChI is InChI=1S/C30H41N3O6/c1-31(30(34)21-17-26(35-2)29(37-4)27(18-21)36-3)19-24(23-9-8-10-25-28(23)39-20-38-25)33-15-11-22(12-16-33)32-13-6-5-7-14-32/h8-10,17-18,22,24H,5-7,11-16,19-20H2,1-4H3. The Hall–Kier alpha value is -3.17. The quantitative estimate of drug-likeness (QED) is 0.470. The van der Waals surface area contributed by atoms with Crippen LogP contribution in [-0.2, 0) is 0 Å². The number of likely N-dealkylation sites (tertiary alicyclic amines) is 2. The lowest BCUT2D eigenvalue weighted by Gasteiger charge is -2.43. The van der Waals surface area contributed by atoms with E-state index in [0.29, 0.717) is 35.4 Å². The van der Waals surface area contributed by atoms with Gasteiger partial charge in [-0.1, -0.05) is 18.6 Å². The zero-order valence-electron chi connectivity index (χ0n) is 23.6. The second-order valence-electron chi connectivity index (χ2n) is 10.6. The highest BCUT2D eigenvalue weighted by atomic mass is 16.7. The topological polar surface area (TPSA) is 72.9 Å². The number of fused-ring (bicyclic) bond motifs is 1. The summed E-state index contributed by atoms with van der Waals surface area (Å²) < 4.78 is 28.0. The minimum Gasteiger partial charge on any atom is -0.493 e. The van der Waals surface area contributed by atoms with Crippen molar-refractivity contribution in [1.29, 1.82) is 0 Å². The Labute approximate surface area is 231 Å². The third-order valence-corrected chi connectivity index (χ3v) is 8.34. The maximum Gasteiger partial charge on any atom is 0.253 e. The molecule has 0 saturated carbocycles. The molecule has 9 heteroatoms. The van der Waals surface area contributed by atoms with Gasteiger partial charge in [-0.25, -0.2) is 0 Å². The molecule has 0 radical (unpaired) electrons. The van der Waals surface area contributed by atoms with Crippen molar-refractivity contribution in [2.45, 2.75) is 44.2 Å². The molecule has 2 fully saturated rings. The third-order valence-electron chi connectivity index (χ3n) is 8.34. The predicted molar refractivity (Wildman–Crippen MR) is 148 cm³/mol. The SMILES string of the molecule is COc1cc(C(=O)N(C)CC(c2cccc3c2OCO3)N2CCC(N3CCCCC3)CC2)cc(OC)c1OC. The molecule has 0 aromatic heterocycles. The monoisotopic (exact) mass is 539 g/mol. The highest BCUT2D eigenvalue weighted by Crippen LogP contribution is 2.42. The summed E-state index contributed by atoms with van der Waals surface area (Å²) in [5, 5.41) is 0. The molecular weight excluding hydrogens is 498 g/mol. The first-order valence-corrected chi connectivity index (χ1v) is 14.0. The molecule has 2 aromatic carbocycles. The van der Waals surface area contributed by atoms with Crippen LogP contribution in [-0.4, -0.2) is 94.5 Å². The Bertz CT molecular complexity index is 1120. The Balaban J connectivity index is 1.38. The van der Waals surface area contributed by atoms with Gasteiger partial charge in [0, 0.05) is 43.9 Å². The Morgan fingerprint density at radius 3 is 2.31 bits per heavy atom. The molecule has 9 nitrogen and oxygen atoms in total. The van der Waals surface area contributed by atoms with Crippen LogP contribution in [0.2, 0.25) is 0 Å². The van der Waals surface area contributed by atoms with Crippen LogP contribution in [0.15, 0.2) is 30.3 Å². The summed E-state index contributed by atoms with van der Waals surface area (Å²) in [6.45, 7) is 5.11. The molecule has 39 heavy (non-hydrogen) atoms. The lowest BCUT2D eigenvalue weighted by atomic mass is 9.95. The Morgan fingerprint density at radius 2 is 1.67 bits per heavy atom. The number of carbonyl (C=O) groups excluding carboxylic acids is 1. The van der Waals surface area contributed by atoms with Crippen molar-refractivity contribution in [2.24, 2.45) is 0 Å². The van der Waals surface area contributed by atoms with Gasteiger partial charge in [0.2, 0.25) is 12.5 Å². The normalized spacial score (nSPS) is 19.0. The highest BCUT2D eigenvalue weighted by molar-refractivity contribution is 5.95. The molecule has 1 amide bonds. The number of para-hydroxylation sites is 1. The summed E-state index contributed by atoms with van der Waals surface area (Å²) in [6, 6.07) is 10.1. The number of nitrogens with zero attached hydrogens (tertiary/aromatic N) is 3. The lowest BCUT2D eigenvalue weighted by molar-refractivity contribution is 0.0538. The number of carbonyl (C=O) groups is 1. The van der Waals surface area contributed by atoms with E-state index in [1.54, 1.807) is 38.4 Å². The minimum absolute atomic E-state index is 0.0278. The van der Waals surface area contributed by atoms with Gasteiger partial charge in [0.1, 0.15) is 0 Å². The van der Waals surface area contributed by atoms with Crippen molar-refractivity contribution in [3.05, 3.63) is 41.5 Å². The van der Waals surface area contributed by atoms with Gasteiger partial charge in [-0.05, 0) is 57.0 Å². The third kappa shape index (κ3) is 5.75. The summed E-state index contributed by atoms with van der Waals surface area (Å²) in [6.07, 6.45) is 6.24. The van der Waals surface area contributed by atoms with Crippen molar-refractivity contribution in [2.75, 3.05) is 67.9 Å². The molecule has 212 valence electrons. The molecule has 0 spiro atoms. The molecule has 2 aromatic rings. The van der Waals surface area contributed by atoms with Gasteiger partial charge in [0.25, 0.3) is 5.91 Å². The van der Waals surface area contributed by atoms with E-state index in [1.165, 1.54) is 32.4 Å². The van der Waals surface area contributed by atoms with Crippen molar-refractivity contribution in [1.82, 2.24) is 14.7 Å². The molecular formula is C30H41N3O6. The first kappa shape index (κ1) is 27.4. The molecule has 0 N–H and O–H groups in total. The van der Waals surface area contributed by atoms with Crippen LogP contribution in [0, 0.1) is 0 Å². The van der Waals surface area contributed by atoms with Crippen LogP contribution in [0.25, 0.3) is 0 Å². The second kappa shape index (κ2) is 12.3. The van der Waals surface area contributed by atoms with E-state index >= 15 is 0 Å². The summed E-state index contributed by atoms with van der Waals surface area (Å²) in [7, 11) is 6.50. The van der Waals surface area contributed by atoms with Crippen LogP contribution in [0.1, 0.15) is 54.1 Å². The highest BCUT2D eigenvalue weighted by Gasteiger charge is 2.34. The summed E-state index contributed by atoms with van der Waals surface area (Å²) in [4.78, 5) is 20.7. The largest absolute Gasteiger partial charge is 0.493 e. The van der Waals surface area contributed by atoms with E-state index in [-0.39, 0.29) is 18.7 Å². The maximum absolute atomic E-state index is 13.7. The van der Waals surface area contributed by atoms with Gasteiger partial charge in [-0.15, -0.1) is 0 Å². The van der Waals surface area contributed by atoms with Crippen molar-refractivity contribution < 1.29 is 28.5 Å². The lowest BCUT2D eigenvalue weighted by Crippen LogP contribution is -2.49. The van der Waals surface area contributed by atoms with Crippen LogP contribution in [0.3, 0.4) is 0 Å². The van der Waals surface area contributed by atoms with E-state index < -0.39 is 0 Å². The van der Waals surface area contributed by atoms with Gasteiger partial charge in [-0.2, -0.15) is 0 Å². The van der Waals surface area contributed by atoms with Crippen molar-refractivity contribution in [3.8, 4) is 28.7 Å². The molecule has 5 rings (SSSR count). The van der Waals surface area contributed by atoms with E-state index in [0.717, 1.165) is 43.0 Å². The van der Waals surface area contributed by atoms with Crippen molar-refractivity contribution >= 4 is 5.91 Å². The molecule has 2 saturated heterocycles. The van der Waals surface area contributed by atoms with Gasteiger partial charge < -0.3 is 33.5 Å². The number of ether oxygens (including phenoxy) is 5. The number of benzene rings is 2. The molecule has 3 aliphatic heterocycles. The fraction of sp³-hybridized carbons (Fsp3) is 0.567. The zero-order valence-corrected chi connectivity index (χ0v) is 23.6. The molecule has 0 aliphatic carbocycles. The summed E-state index contributed by atoms with van der Waals surface area (Å²) >= 11 is 0. The first-order valence-electron chi connectivity index (χ1n) is 14.0. The Kier molecular flexibility index (Phi) is 8.67. The van der Waals surface area contributed by atoms with Crippen LogP contribution >= 0.6 is 0 Å². The smallest absolute Gasteiger partial charge is 0.253 e. The average Bonchev–Trinajstić information content (AvgIpc) is 3.48. The number of amides is 1. The fourth-order valence-electron chi connectivity index (χ4n) is 6.24. The van der Waals surface area contributed by atoms with Crippen LogP contribution < -0.4 is 23.7 Å². The van der Waals surface area contributed by atoms with Crippen LogP contribution in [0.4, 0.5) is 0 Å². The molecule has 1 atom stereocenters. The average molecular weight is 540 g/mol. The Morgan fingerprint density at radius 1 is 0.974 bits per heavy atom. The zero-order chi connectivity index (χ0) is 27.4. The fourth-order valence-corrected chi connectivity index (χ4v) is 6.24. The van der Waals surface area contributed by atoms with E-state index in [2.05, 4.69) is 15.9 Å². The predicted octanol–water partition coefficient (Wildman–Crippen LogP) is 4.20. The molecule has 3 aliphatic rings. The number of methoxy groups -OCH3 is 3. The molecule has 1 unspecified atom stereocenters. The van der Waals surface area contributed by atoms with Gasteiger partial charge in [0.15, 0.2) is 23.0 Å². The number of piperidine rings is 2. The molecule has 3 heterocycles. The number of rotatable bonds is 9. The summed E-state index contributed by atoms with van der Waals surface area (Å²) in [5.41, 5.74) is 1.54. The number of likely N-dealkylation sites (N-methyl/N-ethyl adjacent to an activating group) is 1. The van der Waals surface area contributed by atoms with Gasteiger partial charge in [-0.3, -0.25) is 9.69 Å². The van der Waals surface area contributed by atoms with E-state index in [4.69, 9.17) is 23.7 Å². The van der Waals surface area contributed by atoms with Gasteiger partial charge in [0.05, 0.1) is 27.4 Å². The number of hydrogen-bond acceptors (Lipinski definition) is 8. The number of hydrogen-bond donors (Lipinski definition) is 0. The van der Waals surface area contributed by atoms with Crippen LogP contribution in [0.5, 0.6) is 28.7 Å². The molecule has 0 bridgehead atoms. The minimum atomic E-state index is -0.118. The first-order chi connectivity index (χ1) is 19.0. The van der Waals surface area contributed by atoms with Gasteiger partial charge >= 0.3 is 0 Å². The van der Waals surface area contributed by atoms with Crippen molar-refractivity contribution in [3.63, 3.8) is 0 Å². The summed E-state index contributed by atoms with van der Waals surface area (Å²) in [5.74, 6) is 2.80.